The first-order valence-corrected chi connectivity index (χ1v) is 5.66. The molecule has 0 bridgehead atoms. The molecule has 0 amide bonds. The lowest BCUT2D eigenvalue weighted by Gasteiger charge is -2.20. The van der Waals surface area contributed by atoms with Gasteiger partial charge in [-0.05, 0) is 37.3 Å². The second-order valence-electron chi connectivity index (χ2n) is 4.39. The molecular weight excluding hydrogens is 172 g/mol. The predicted octanol–water partition coefficient (Wildman–Crippen LogP) is 2.34. The highest BCUT2D eigenvalue weighted by Crippen LogP contribution is 2.20. The second kappa shape index (κ2) is 4.07. The molecule has 0 radical (unpaired) electrons. The van der Waals surface area contributed by atoms with Gasteiger partial charge in [-0.15, -0.1) is 0 Å². The third kappa shape index (κ3) is 1.79. The van der Waals surface area contributed by atoms with Crippen LogP contribution < -0.4 is 5.01 Å². The zero-order chi connectivity index (χ0) is 9.97. The molecule has 1 aromatic rings. The summed E-state index contributed by atoms with van der Waals surface area (Å²) in [4.78, 5) is 0. The van der Waals surface area contributed by atoms with Gasteiger partial charge in [0, 0.05) is 26.0 Å². The first kappa shape index (κ1) is 9.63. The molecule has 0 spiro atoms. The maximum atomic E-state index is 2.29. The normalized spacial score (nSPS) is 17.0. The summed E-state index contributed by atoms with van der Waals surface area (Å²) >= 11 is 0. The molecule has 2 nitrogen and oxygen atoms in total. The van der Waals surface area contributed by atoms with Crippen molar-refractivity contribution in [2.75, 3.05) is 19.1 Å². The van der Waals surface area contributed by atoms with Crippen molar-refractivity contribution in [3.05, 3.63) is 23.5 Å². The maximum Gasteiger partial charge on any atom is 0.0428 e. The highest BCUT2D eigenvalue weighted by molar-refractivity contribution is 5.24. The van der Waals surface area contributed by atoms with Crippen LogP contribution in [0.3, 0.4) is 0 Å². The number of aryl methyl sites for hydroxylation is 1. The molecule has 78 valence electrons. The molecule has 0 aromatic carbocycles. The minimum Gasteiger partial charge on any atom is -0.319 e. The van der Waals surface area contributed by atoms with E-state index in [1.54, 1.807) is 5.56 Å². The quantitative estimate of drug-likeness (QED) is 0.663. The molecule has 0 saturated heterocycles. The fraction of sp³-hybridized carbons (Fsp3) is 0.667. The Hall–Kier alpha value is -0.920. The van der Waals surface area contributed by atoms with Gasteiger partial charge in [-0.3, -0.25) is 4.68 Å². The third-order valence-electron chi connectivity index (χ3n) is 3.10. The van der Waals surface area contributed by atoms with Crippen LogP contribution in [0.4, 0.5) is 0 Å². The summed E-state index contributed by atoms with van der Waals surface area (Å²) in [5.74, 6) is 0. The molecule has 0 saturated carbocycles. The van der Waals surface area contributed by atoms with E-state index in [0.717, 1.165) is 0 Å². The number of aromatic nitrogens is 1. The molecule has 0 unspecified atom stereocenters. The van der Waals surface area contributed by atoms with E-state index >= 15 is 0 Å². The lowest BCUT2D eigenvalue weighted by molar-refractivity contribution is 0.585. The Morgan fingerprint density at radius 1 is 1.07 bits per heavy atom. The molecule has 1 aliphatic rings. The Kier molecular flexibility index (Phi) is 2.80. The van der Waals surface area contributed by atoms with Crippen molar-refractivity contribution in [2.24, 2.45) is 0 Å². The van der Waals surface area contributed by atoms with Crippen molar-refractivity contribution < 1.29 is 0 Å². The van der Waals surface area contributed by atoms with Crippen molar-refractivity contribution in [3.8, 4) is 0 Å². The minimum absolute atomic E-state index is 1.25. The van der Waals surface area contributed by atoms with Gasteiger partial charge in [-0.1, -0.05) is 12.8 Å². The number of hydrogen-bond donors (Lipinski definition) is 0. The van der Waals surface area contributed by atoms with E-state index in [1.165, 1.54) is 44.2 Å². The molecule has 1 aromatic heterocycles. The summed E-state index contributed by atoms with van der Waals surface area (Å²) in [7, 11) is 4.22. The lowest BCUT2D eigenvalue weighted by Crippen LogP contribution is -2.26. The van der Waals surface area contributed by atoms with Crippen LogP contribution in [-0.4, -0.2) is 18.8 Å². The standard InChI is InChI=1S/C12H20N2/c1-13(2)14-10-9-11-7-5-3-4-6-8-12(11)14/h9-10H,3-8H2,1-2H3. The van der Waals surface area contributed by atoms with E-state index in [9.17, 15) is 0 Å². The molecule has 0 N–H and O–H groups in total. The van der Waals surface area contributed by atoms with Gasteiger partial charge in [0.05, 0.1) is 0 Å². The minimum atomic E-state index is 1.25. The van der Waals surface area contributed by atoms with E-state index in [1.807, 2.05) is 0 Å². The van der Waals surface area contributed by atoms with E-state index in [2.05, 4.69) is 36.0 Å². The first-order chi connectivity index (χ1) is 6.79. The Balaban J connectivity index is 2.28. The number of nitrogens with zero attached hydrogens (tertiary/aromatic N) is 2. The Labute approximate surface area is 86.5 Å². The van der Waals surface area contributed by atoms with Crippen molar-refractivity contribution in [2.45, 2.75) is 38.5 Å². The van der Waals surface area contributed by atoms with Gasteiger partial charge >= 0.3 is 0 Å². The molecule has 14 heavy (non-hydrogen) atoms. The molecular formula is C12H20N2. The summed E-state index contributed by atoms with van der Waals surface area (Å²) in [5, 5.41) is 2.17. The van der Waals surface area contributed by atoms with Crippen molar-refractivity contribution >= 4 is 0 Å². The molecule has 0 atom stereocenters. The topological polar surface area (TPSA) is 8.17 Å². The van der Waals surface area contributed by atoms with Crippen LogP contribution in [0.15, 0.2) is 12.3 Å². The van der Waals surface area contributed by atoms with Crippen LogP contribution in [0.2, 0.25) is 0 Å². The van der Waals surface area contributed by atoms with Crippen LogP contribution in [0.25, 0.3) is 0 Å². The lowest BCUT2D eigenvalue weighted by atomic mass is 9.99. The van der Waals surface area contributed by atoms with Gasteiger partial charge in [-0.25, -0.2) is 0 Å². The van der Waals surface area contributed by atoms with Crippen molar-refractivity contribution in [1.29, 1.82) is 0 Å². The molecule has 1 aliphatic carbocycles. The zero-order valence-electron chi connectivity index (χ0n) is 9.29. The number of rotatable bonds is 1. The molecule has 2 rings (SSSR count). The van der Waals surface area contributed by atoms with Gasteiger partial charge < -0.3 is 5.01 Å². The highest BCUT2D eigenvalue weighted by Gasteiger charge is 2.11. The Morgan fingerprint density at radius 3 is 2.50 bits per heavy atom. The molecule has 0 fully saturated rings. The monoisotopic (exact) mass is 192 g/mol. The van der Waals surface area contributed by atoms with Crippen LogP contribution in [0.1, 0.15) is 36.9 Å². The summed E-state index contributed by atoms with van der Waals surface area (Å²) < 4.78 is 2.29. The zero-order valence-corrected chi connectivity index (χ0v) is 9.29. The largest absolute Gasteiger partial charge is 0.319 e. The van der Waals surface area contributed by atoms with E-state index < -0.39 is 0 Å². The fourth-order valence-corrected chi connectivity index (χ4v) is 2.33. The average Bonchev–Trinajstić information content (AvgIpc) is 2.47. The summed E-state index contributed by atoms with van der Waals surface area (Å²) in [6.07, 6.45) is 10.3. The van der Waals surface area contributed by atoms with Crippen molar-refractivity contribution in [1.82, 2.24) is 4.68 Å². The van der Waals surface area contributed by atoms with Gasteiger partial charge in [0.25, 0.3) is 0 Å². The molecule has 2 heteroatoms. The van der Waals surface area contributed by atoms with Crippen LogP contribution in [-0.2, 0) is 12.8 Å². The van der Waals surface area contributed by atoms with E-state index in [-0.39, 0.29) is 0 Å². The predicted molar refractivity (Wildman–Crippen MR) is 60.4 cm³/mol. The van der Waals surface area contributed by atoms with Crippen LogP contribution in [0, 0.1) is 0 Å². The van der Waals surface area contributed by atoms with Crippen molar-refractivity contribution in [3.63, 3.8) is 0 Å². The van der Waals surface area contributed by atoms with Crippen LogP contribution >= 0.6 is 0 Å². The molecule has 0 aliphatic heterocycles. The Bertz CT molecular complexity index is 299. The SMILES string of the molecule is CN(C)n1ccc2c1CCCCCC2. The summed E-state index contributed by atoms with van der Waals surface area (Å²) in [5.41, 5.74) is 3.10. The summed E-state index contributed by atoms with van der Waals surface area (Å²) in [6, 6.07) is 2.29. The van der Waals surface area contributed by atoms with Gasteiger partial charge in [0.1, 0.15) is 0 Å². The molecule has 1 heterocycles. The van der Waals surface area contributed by atoms with Gasteiger partial charge in [0.2, 0.25) is 0 Å². The number of fused-ring (bicyclic) bond motifs is 1. The smallest absolute Gasteiger partial charge is 0.0428 e. The van der Waals surface area contributed by atoms with Gasteiger partial charge in [-0.2, -0.15) is 0 Å². The Morgan fingerprint density at radius 2 is 1.79 bits per heavy atom. The van der Waals surface area contributed by atoms with E-state index in [4.69, 9.17) is 0 Å². The highest BCUT2D eigenvalue weighted by atomic mass is 15.5. The average molecular weight is 192 g/mol. The maximum absolute atomic E-state index is 2.29. The number of hydrogen-bond acceptors (Lipinski definition) is 1. The van der Waals surface area contributed by atoms with Gasteiger partial charge in [0.15, 0.2) is 0 Å². The van der Waals surface area contributed by atoms with Crippen LogP contribution in [0.5, 0.6) is 0 Å². The second-order valence-corrected chi connectivity index (χ2v) is 4.39. The summed E-state index contributed by atoms with van der Waals surface area (Å²) in [6.45, 7) is 0. The third-order valence-corrected chi connectivity index (χ3v) is 3.10. The van der Waals surface area contributed by atoms with E-state index in [0.29, 0.717) is 0 Å². The first-order valence-electron chi connectivity index (χ1n) is 5.66. The fourth-order valence-electron chi connectivity index (χ4n) is 2.33.